The molecule has 0 saturated carbocycles. The molecular formula is C10H15NO3. The monoisotopic (exact) mass is 197 g/mol. The number of hydrogen-bond acceptors (Lipinski definition) is 3. The van der Waals surface area contributed by atoms with Gasteiger partial charge in [0.2, 0.25) is 5.91 Å². The average Bonchev–Trinajstić information content (AvgIpc) is 2.24. The van der Waals surface area contributed by atoms with Gasteiger partial charge in [0.25, 0.3) is 0 Å². The highest BCUT2D eigenvalue weighted by molar-refractivity contribution is 6.04. The predicted octanol–water partition coefficient (Wildman–Crippen LogP) is 0.464. The van der Waals surface area contributed by atoms with Crippen LogP contribution in [0.15, 0.2) is 0 Å². The molecular weight excluding hydrogens is 182 g/mol. The Bertz CT molecular complexity index is 310. The molecule has 2 aliphatic heterocycles. The van der Waals surface area contributed by atoms with Crippen molar-refractivity contribution < 1.29 is 14.3 Å². The first-order chi connectivity index (χ1) is 6.39. The van der Waals surface area contributed by atoms with E-state index in [9.17, 15) is 9.59 Å². The maximum absolute atomic E-state index is 11.7. The molecule has 2 rings (SSSR count). The van der Waals surface area contributed by atoms with E-state index in [0.29, 0.717) is 6.54 Å². The van der Waals surface area contributed by atoms with Gasteiger partial charge < -0.3 is 10.1 Å². The van der Waals surface area contributed by atoms with Gasteiger partial charge in [-0.15, -0.1) is 0 Å². The molecule has 2 fully saturated rings. The Balaban J connectivity index is 2.45. The van der Waals surface area contributed by atoms with Crippen molar-refractivity contribution in [2.24, 2.45) is 11.3 Å². The van der Waals surface area contributed by atoms with Crippen LogP contribution in [-0.2, 0) is 14.3 Å². The largest absolute Gasteiger partial charge is 0.459 e. The zero-order chi connectivity index (χ0) is 10.6. The number of carbonyl (C=O) groups is 2. The number of nitrogens with one attached hydrogen (secondary N) is 1. The Morgan fingerprint density at radius 1 is 1.36 bits per heavy atom. The molecule has 2 atom stereocenters. The number of piperidine rings is 1. The lowest BCUT2D eigenvalue weighted by atomic mass is 9.68. The second-order valence-electron chi connectivity index (χ2n) is 4.79. The molecule has 2 aliphatic rings. The molecule has 0 bridgehead atoms. The Hall–Kier alpha value is -1.06. The summed E-state index contributed by atoms with van der Waals surface area (Å²) in [6, 6.07) is 0. The SMILES string of the molecule is CC1(C)OC(=O)[C@]2(C)C(=O)NCC[C@H]12. The van der Waals surface area contributed by atoms with Gasteiger partial charge in [-0.2, -0.15) is 0 Å². The summed E-state index contributed by atoms with van der Waals surface area (Å²) in [6.45, 7) is 6.07. The van der Waals surface area contributed by atoms with E-state index >= 15 is 0 Å². The molecule has 0 aliphatic carbocycles. The number of ether oxygens (including phenoxy) is 1. The van der Waals surface area contributed by atoms with E-state index in [4.69, 9.17) is 4.74 Å². The molecule has 0 aromatic rings. The molecule has 0 radical (unpaired) electrons. The zero-order valence-corrected chi connectivity index (χ0v) is 8.72. The highest BCUT2D eigenvalue weighted by Crippen LogP contribution is 2.49. The van der Waals surface area contributed by atoms with Crippen molar-refractivity contribution in [1.29, 1.82) is 0 Å². The molecule has 1 amide bonds. The molecule has 2 saturated heterocycles. The van der Waals surface area contributed by atoms with Crippen molar-refractivity contribution in [3.63, 3.8) is 0 Å². The normalized spacial score (nSPS) is 40.1. The van der Waals surface area contributed by atoms with Gasteiger partial charge >= 0.3 is 5.97 Å². The number of rotatable bonds is 0. The number of cyclic esters (lactones) is 1. The maximum Gasteiger partial charge on any atom is 0.322 e. The van der Waals surface area contributed by atoms with E-state index in [1.165, 1.54) is 0 Å². The number of esters is 1. The Morgan fingerprint density at radius 3 is 2.57 bits per heavy atom. The van der Waals surface area contributed by atoms with E-state index in [0.717, 1.165) is 6.42 Å². The quantitative estimate of drug-likeness (QED) is 0.453. The highest BCUT2D eigenvalue weighted by atomic mass is 16.6. The first-order valence-corrected chi connectivity index (χ1v) is 4.91. The molecule has 4 heteroatoms. The molecule has 14 heavy (non-hydrogen) atoms. The van der Waals surface area contributed by atoms with Crippen molar-refractivity contribution >= 4 is 11.9 Å². The van der Waals surface area contributed by atoms with E-state index in [1.54, 1.807) is 6.92 Å². The van der Waals surface area contributed by atoms with Gasteiger partial charge in [0, 0.05) is 12.5 Å². The van der Waals surface area contributed by atoms with Gasteiger partial charge in [-0.05, 0) is 27.2 Å². The van der Waals surface area contributed by atoms with Crippen LogP contribution >= 0.6 is 0 Å². The average molecular weight is 197 g/mol. The molecule has 78 valence electrons. The summed E-state index contributed by atoms with van der Waals surface area (Å²) >= 11 is 0. The van der Waals surface area contributed by atoms with E-state index in [-0.39, 0.29) is 17.8 Å². The van der Waals surface area contributed by atoms with E-state index < -0.39 is 11.0 Å². The van der Waals surface area contributed by atoms with Crippen LogP contribution in [0, 0.1) is 11.3 Å². The molecule has 0 aromatic carbocycles. The third kappa shape index (κ3) is 0.938. The van der Waals surface area contributed by atoms with Crippen molar-refractivity contribution in [2.75, 3.05) is 6.54 Å². The minimum absolute atomic E-state index is 0.00347. The first-order valence-electron chi connectivity index (χ1n) is 4.91. The van der Waals surface area contributed by atoms with Crippen LogP contribution in [0.3, 0.4) is 0 Å². The molecule has 4 nitrogen and oxygen atoms in total. The van der Waals surface area contributed by atoms with Crippen LogP contribution < -0.4 is 5.32 Å². The topological polar surface area (TPSA) is 55.4 Å². The fraction of sp³-hybridized carbons (Fsp3) is 0.800. The van der Waals surface area contributed by atoms with E-state index in [1.807, 2.05) is 13.8 Å². The summed E-state index contributed by atoms with van der Waals surface area (Å²) in [5, 5.41) is 2.72. The van der Waals surface area contributed by atoms with Gasteiger partial charge in [0.15, 0.2) is 0 Å². The van der Waals surface area contributed by atoms with Gasteiger partial charge in [0.05, 0.1) is 0 Å². The summed E-state index contributed by atoms with van der Waals surface area (Å²) < 4.78 is 5.27. The van der Waals surface area contributed by atoms with Crippen LogP contribution in [0.2, 0.25) is 0 Å². The molecule has 2 heterocycles. The first kappa shape index (κ1) is 9.49. The maximum atomic E-state index is 11.7. The fourth-order valence-electron chi connectivity index (χ4n) is 2.65. The number of fused-ring (bicyclic) bond motifs is 1. The lowest BCUT2D eigenvalue weighted by Crippen LogP contribution is -2.53. The van der Waals surface area contributed by atoms with Crippen molar-refractivity contribution in [2.45, 2.75) is 32.8 Å². The van der Waals surface area contributed by atoms with Crippen molar-refractivity contribution in [1.82, 2.24) is 5.32 Å². The van der Waals surface area contributed by atoms with Gasteiger partial charge in [0.1, 0.15) is 11.0 Å². The van der Waals surface area contributed by atoms with Gasteiger partial charge in [-0.3, -0.25) is 9.59 Å². The number of amides is 1. The van der Waals surface area contributed by atoms with Crippen LogP contribution in [-0.4, -0.2) is 24.0 Å². The van der Waals surface area contributed by atoms with Gasteiger partial charge in [-0.25, -0.2) is 0 Å². The highest BCUT2D eigenvalue weighted by Gasteiger charge is 2.63. The Morgan fingerprint density at radius 2 is 2.00 bits per heavy atom. The molecule has 0 aromatic heterocycles. The third-order valence-electron chi connectivity index (χ3n) is 3.51. The smallest absolute Gasteiger partial charge is 0.322 e. The number of carbonyl (C=O) groups excluding carboxylic acids is 2. The fourth-order valence-corrected chi connectivity index (χ4v) is 2.65. The predicted molar refractivity (Wildman–Crippen MR) is 49.4 cm³/mol. The van der Waals surface area contributed by atoms with Gasteiger partial charge in [-0.1, -0.05) is 0 Å². The summed E-state index contributed by atoms with van der Waals surface area (Å²) in [5.74, 6) is -0.578. The third-order valence-corrected chi connectivity index (χ3v) is 3.51. The van der Waals surface area contributed by atoms with Crippen molar-refractivity contribution in [3.8, 4) is 0 Å². The molecule has 1 N–H and O–H groups in total. The zero-order valence-electron chi connectivity index (χ0n) is 8.72. The van der Waals surface area contributed by atoms with Crippen LogP contribution in [0.4, 0.5) is 0 Å². The summed E-state index contributed by atoms with van der Waals surface area (Å²) in [5.41, 5.74) is -1.48. The van der Waals surface area contributed by atoms with Crippen molar-refractivity contribution in [3.05, 3.63) is 0 Å². The second kappa shape index (κ2) is 2.49. The molecule has 0 spiro atoms. The summed E-state index contributed by atoms with van der Waals surface area (Å²) in [7, 11) is 0. The lowest BCUT2D eigenvalue weighted by Gasteiger charge is -2.35. The standard InChI is InChI=1S/C10H15NO3/c1-9(2)6-4-5-11-7(12)10(6,3)8(13)14-9/h6H,4-5H2,1-3H3,(H,11,12)/t6-,10+/m1/s1. The Labute approximate surface area is 83.0 Å². The van der Waals surface area contributed by atoms with E-state index in [2.05, 4.69) is 5.32 Å². The number of hydrogen-bond donors (Lipinski definition) is 1. The second-order valence-corrected chi connectivity index (χ2v) is 4.79. The summed E-state index contributed by atoms with van der Waals surface area (Å²) in [4.78, 5) is 23.4. The van der Waals surface area contributed by atoms with Crippen LogP contribution in [0.5, 0.6) is 0 Å². The van der Waals surface area contributed by atoms with Crippen LogP contribution in [0.1, 0.15) is 27.2 Å². The minimum atomic E-state index is -0.970. The molecule has 0 unspecified atom stereocenters. The minimum Gasteiger partial charge on any atom is -0.459 e. The summed E-state index contributed by atoms with van der Waals surface area (Å²) in [6.07, 6.45) is 0.807. The lowest BCUT2D eigenvalue weighted by molar-refractivity contribution is -0.155. The van der Waals surface area contributed by atoms with Crippen LogP contribution in [0.25, 0.3) is 0 Å². The Kier molecular flexibility index (Phi) is 1.69.